The molecule has 226 valence electrons. The lowest BCUT2D eigenvalue weighted by atomic mass is 10.1. The lowest BCUT2D eigenvalue weighted by Gasteiger charge is -2.30. The second-order valence-corrected chi connectivity index (χ2v) is 11.9. The van der Waals surface area contributed by atoms with Crippen LogP contribution in [0, 0.1) is 5.82 Å². The van der Waals surface area contributed by atoms with Crippen LogP contribution in [-0.4, -0.2) is 82.3 Å². The third kappa shape index (κ3) is 7.23. The van der Waals surface area contributed by atoms with Gasteiger partial charge < -0.3 is 19.7 Å². The molecule has 3 aromatic rings. The average Bonchev–Trinajstić information content (AvgIpc) is 2.97. The summed E-state index contributed by atoms with van der Waals surface area (Å²) in [5, 5.41) is 2.49. The number of halogens is 1. The number of Topliss-reactive ketones (excluding diaryl/α,β-unsaturated/α-hetero) is 1. The molecule has 1 saturated heterocycles. The van der Waals surface area contributed by atoms with Gasteiger partial charge in [0.25, 0.3) is 5.91 Å². The van der Waals surface area contributed by atoms with Crippen LogP contribution in [0.5, 0.6) is 5.75 Å². The molecule has 2 aromatic heterocycles. The third-order valence-electron chi connectivity index (χ3n) is 6.78. The van der Waals surface area contributed by atoms with Gasteiger partial charge in [-0.3, -0.25) is 23.1 Å². The monoisotopic (exact) mass is 603 g/mol. The Morgan fingerprint density at radius 1 is 1.19 bits per heavy atom. The maximum absolute atomic E-state index is 13.8. The van der Waals surface area contributed by atoms with Gasteiger partial charge in [-0.1, -0.05) is 25.5 Å². The molecule has 4 rings (SSSR count). The molecular weight excluding hydrogens is 569 g/mol. The Morgan fingerprint density at radius 3 is 2.52 bits per heavy atom. The number of amides is 1. The van der Waals surface area contributed by atoms with Crippen molar-refractivity contribution in [3.05, 3.63) is 64.0 Å². The number of ketones is 1. The normalized spacial score (nSPS) is 13.7. The topological polar surface area (TPSA) is 140 Å². The van der Waals surface area contributed by atoms with Crippen molar-refractivity contribution in [2.45, 2.75) is 26.2 Å². The zero-order valence-electron chi connectivity index (χ0n) is 23.8. The van der Waals surface area contributed by atoms with E-state index in [0.29, 0.717) is 44.0 Å². The molecule has 12 nitrogen and oxygen atoms in total. The fourth-order valence-corrected chi connectivity index (χ4v) is 4.85. The van der Waals surface area contributed by atoms with E-state index < -0.39 is 27.3 Å². The third-order valence-corrected chi connectivity index (χ3v) is 7.97. The Labute approximate surface area is 243 Å². The molecule has 0 aliphatic carbocycles. The molecule has 0 bridgehead atoms. The van der Waals surface area contributed by atoms with Crippen molar-refractivity contribution in [1.82, 2.24) is 14.7 Å². The maximum atomic E-state index is 13.8. The van der Waals surface area contributed by atoms with Crippen molar-refractivity contribution >= 4 is 38.7 Å². The molecule has 0 unspecified atom stereocenters. The Kier molecular flexibility index (Phi) is 9.78. The zero-order valence-corrected chi connectivity index (χ0v) is 24.6. The summed E-state index contributed by atoms with van der Waals surface area (Å²) in [5.41, 5.74) is 0.0925. The number of unbranched alkanes of at least 4 members (excludes halogenated alkanes) is 1. The number of sulfonamides is 1. The second-order valence-electron chi connectivity index (χ2n) is 9.93. The largest absolute Gasteiger partial charge is 0.486 e. The van der Waals surface area contributed by atoms with Gasteiger partial charge >= 0.3 is 5.56 Å². The van der Waals surface area contributed by atoms with Gasteiger partial charge in [0.1, 0.15) is 5.82 Å². The highest BCUT2D eigenvalue weighted by atomic mass is 32.2. The van der Waals surface area contributed by atoms with Crippen molar-refractivity contribution in [2.24, 2.45) is 0 Å². The molecule has 1 fully saturated rings. The van der Waals surface area contributed by atoms with Gasteiger partial charge in [-0.15, -0.1) is 0 Å². The van der Waals surface area contributed by atoms with Crippen molar-refractivity contribution in [3.63, 3.8) is 0 Å². The molecule has 0 radical (unpaired) electrons. The van der Waals surface area contributed by atoms with Crippen LogP contribution in [0.3, 0.4) is 0 Å². The first kappa shape index (κ1) is 30.9. The predicted octanol–water partition coefficient (Wildman–Crippen LogP) is 1.79. The van der Waals surface area contributed by atoms with Gasteiger partial charge in [0, 0.05) is 32.8 Å². The van der Waals surface area contributed by atoms with E-state index >= 15 is 0 Å². The molecule has 1 N–H and O–H groups in total. The van der Waals surface area contributed by atoms with Crippen LogP contribution in [0.4, 0.5) is 15.8 Å². The molecule has 1 aliphatic rings. The van der Waals surface area contributed by atoms with Crippen molar-refractivity contribution in [3.8, 4) is 5.75 Å². The molecule has 0 saturated carbocycles. The van der Waals surface area contributed by atoms with E-state index in [1.54, 1.807) is 6.07 Å². The molecule has 1 aliphatic heterocycles. The zero-order chi connectivity index (χ0) is 30.4. The van der Waals surface area contributed by atoms with Gasteiger partial charge in [-0.2, -0.15) is 0 Å². The number of carbonyl (C=O) groups excluding carboxylic acids is 2. The molecule has 0 atom stereocenters. The van der Waals surface area contributed by atoms with Crippen LogP contribution in [0.25, 0.3) is 5.65 Å². The minimum atomic E-state index is -3.79. The molecular formula is C28H34FN5O7S. The minimum absolute atomic E-state index is 0.0398. The first-order valence-electron chi connectivity index (χ1n) is 13.5. The highest BCUT2D eigenvalue weighted by Gasteiger charge is 2.26. The minimum Gasteiger partial charge on any atom is -0.486 e. The summed E-state index contributed by atoms with van der Waals surface area (Å²) in [4.78, 5) is 46.1. The summed E-state index contributed by atoms with van der Waals surface area (Å²) in [5.74, 6) is -1.93. The first-order valence-corrected chi connectivity index (χ1v) is 15.4. The summed E-state index contributed by atoms with van der Waals surface area (Å²) < 4.78 is 51.7. The summed E-state index contributed by atoms with van der Waals surface area (Å²) >= 11 is 0. The molecule has 14 heteroatoms. The van der Waals surface area contributed by atoms with E-state index in [0.717, 1.165) is 17.0 Å². The first-order chi connectivity index (χ1) is 20.0. The Morgan fingerprint density at radius 2 is 1.88 bits per heavy atom. The van der Waals surface area contributed by atoms with Gasteiger partial charge in [0.2, 0.25) is 15.8 Å². The SMILES string of the molecule is CCCCOc1c(C(=O)NCC(=O)Cc2ccc(F)cc2)nc2c(N(C)S(C)(=O)=O)cc(N3CCOCC3)cn2c1=O. The van der Waals surface area contributed by atoms with Crippen molar-refractivity contribution in [2.75, 3.05) is 62.0 Å². The van der Waals surface area contributed by atoms with Crippen LogP contribution in [0.15, 0.2) is 41.3 Å². The van der Waals surface area contributed by atoms with Gasteiger partial charge in [-0.05, 0) is 30.2 Å². The number of benzene rings is 1. The maximum Gasteiger partial charge on any atom is 0.301 e. The van der Waals surface area contributed by atoms with Crippen molar-refractivity contribution < 1.29 is 31.9 Å². The molecule has 0 spiro atoms. The number of nitrogens with zero attached hydrogens (tertiary/aromatic N) is 4. The van der Waals surface area contributed by atoms with Crippen LogP contribution in [-0.2, 0) is 26.0 Å². The number of carbonyl (C=O) groups is 2. The van der Waals surface area contributed by atoms with E-state index in [2.05, 4.69) is 10.3 Å². The van der Waals surface area contributed by atoms with E-state index in [1.165, 1.54) is 41.9 Å². The summed E-state index contributed by atoms with van der Waals surface area (Å²) in [6, 6.07) is 7.03. The quantitative estimate of drug-likeness (QED) is 0.307. The van der Waals surface area contributed by atoms with Crippen LogP contribution in [0.1, 0.15) is 35.8 Å². The lowest BCUT2D eigenvalue weighted by Crippen LogP contribution is -2.37. The smallest absolute Gasteiger partial charge is 0.301 e. The van der Waals surface area contributed by atoms with Gasteiger partial charge in [0.05, 0.1) is 44.0 Å². The van der Waals surface area contributed by atoms with Crippen LogP contribution >= 0.6 is 0 Å². The summed E-state index contributed by atoms with van der Waals surface area (Å²) in [7, 11) is -2.45. The fourth-order valence-electron chi connectivity index (χ4n) is 4.35. The van der Waals surface area contributed by atoms with Crippen LogP contribution in [0.2, 0.25) is 0 Å². The number of hydrogen-bond donors (Lipinski definition) is 1. The number of hydrogen-bond acceptors (Lipinski definition) is 9. The Balaban J connectivity index is 1.76. The lowest BCUT2D eigenvalue weighted by molar-refractivity contribution is -0.117. The summed E-state index contributed by atoms with van der Waals surface area (Å²) in [6.45, 7) is 3.70. The Bertz CT molecular complexity index is 1620. The second kappa shape index (κ2) is 13.3. The highest BCUT2D eigenvalue weighted by molar-refractivity contribution is 7.92. The number of morpholine rings is 1. The molecule has 1 amide bonds. The van der Waals surface area contributed by atoms with Crippen LogP contribution < -0.4 is 24.8 Å². The number of pyridine rings is 1. The number of ether oxygens (including phenoxy) is 2. The van der Waals surface area contributed by atoms with E-state index in [1.807, 2.05) is 11.8 Å². The van der Waals surface area contributed by atoms with E-state index in [4.69, 9.17) is 9.47 Å². The van der Waals surface area contributed by atoms with Gasteiger partial charge in [0.15, 0.2) is 17.1 Å². The number of fused-ring (bicyclic) bond motifs is 1. The van der Waals surface area contributed by atoms with E-state index in [-0.39, 0.29) is 48.1 Å². The molecule has 42 heavy (non-hydrogen) atoms. The number of nitrogens with one attached hydrogen (secondary N) is 1. The number of aromatic nitrogens is 2. The molecule has 3 heterocycles. The van der Waals surface area contributed by atoms with Crippen molar-refractivity contribution in [1.29, 1.82) is 0 Å². The predicted molar refractivity (Wildman–Crippen MR) is 156 cm³/mol. The van der Waals surface area contributed by atoms with Gasteiger partial charge in [-0.25, -0.2) is 17.8 Å². The average molecular weight is 604 g/mol. The molecule has 1 aromatic carbocycles. The number of rotatable bonds is 12. The highest BCUT2D eigenvalue weighted by Crippen LogP contribution is 2.29. The standard InChI is InChI=1S/C28H34FN5O7S/c1-4-5-12-41-25-24(27(36)30-17-22(35)15-19-6-8-20(29)9-7-19)31-26-23(32(2)42(3,38)39)16-21(18-34(26)28(25)37)33-10-13-40-14-11-33/h6-9,16,18H,4-5,10-15,17H2,1-3H3,(H,30,36). The van der Waals surface area contributed by atoms with E-state index in [9.17, 15) is 27.2 Å². The fraction of sp³-hybridized carbons (Fsp3) is 0.429. The number of anilines is 2. The Hall–Kier alpha value is -4.04. The summed E-state index contributed by atoms with van der Waals surface area (Å²) in [6.07, 6.45) is 3.89.